The van der Waals surface area contributed by atoms with Crippen LogP contribution in [0.2, 0.25) is 5.15 Å². The zero-order chi connectivity index (χ0) is 22.8. The largest absolute Gasteiger partial charge is 0.507 e. The Morgan fingerprint density at radius 2 is 1.59 bits per heavy atom. The summed E-state index contributed by atoms with van der Waals surface area (Å²) in [6.07, 6.45) is 0. The molecule has 2 heterocycles. The van der Waals surface area contributed by atoms with E-state index < -0.39 is 0 Å². The third kappa shape index (κ3) is 4.31. The molecule has 2 amide bonds. The lowest BCUT2D eigenvalue weighted by atomic mass is 10.1. The highest BCUT2D eigenvalue weighted by Gasteiger charge is 2.30. The van der Waals surface area contributed by atoms with Crippen molar-refractivity contribution in [3.63, 3.8) is 0 Å². The fourth-order valence-electron chi connectivity index (χ4n) is 3.76. The van der Waals surface area contributed by atoms with Gasteiger partial charge in [-0.3, -0.25) is 9.59 Å². The number of phenolic OH excluding ortho intramolecular Hbond substituents is 1. The predicted molar refractivity (Wildman–Crippen MR) is 117 cm³/mol. The maximum atomic E-state index is 13.1. The number of aryl methyl sites for hydroxylation is 1. The summed E-state index contributed by atoms with van der Waals surface area (Å²) in [7, 11) is 0. The van der Waals surface area contributed by atoms with E-state index in [1.807, 2.05) is 0 Å². The molecular formula is C23H22ClFN4O3. The van der Waals surface area contributed by atoms with Crippen molar-refractivity contribution >= 4 is 23.4 Å². The minimum Gasteiger partial charge on any atom is -0.507 e. The van der Waals surface area contributed by atoms with Crippen LogP contribution in [0, 0.1) is 12.7 Å². The highest BCUT2D eigenvalue weighted by atomic mass is 35.5. The smallest absolute Gasteiger partial charge is 0.259 e. The highest BCUT2D eigenvalue weighted by molar-refractivity contribution is 6.33. The number of piperazine rings is 1. The summed E-state index contributed by atoms with van der Waals surface area (Å²) < 4.78 is 14.7. The van der Waals surface area contributed by atoms with Crippen LogP contribution in [0.15, 0.2) is 48.5 Å². The van der Waals surface area contributed by atoms with Crippen molar-refractivity contribution in [3.05, 3.63) is 81.9 Å². The summed E-state index contributed by atoms with van der Waals surface area (Å²) in [4.78, 5) is 29.1. The minimum atomic E-state index is -0.326. The Hall–Kier alpha value is -3.39. The molecule has 3 aromatic rings. The van der Waals surface area contributed by atoms with Crippen LogP contribution < -0.4 is 0 Å². The molecule has 0 aliphatic carbocycles. The lowest BCUT2D eigenvalue weighted by Gasteiger charge is -2.34. The molecule has 0 saturated carbocycles. The Morgan fingerprint density at radius 3 is 2.22 bits per heavy atom. The number of rotatable bonds is 4. The van der Waals surface area contributed by atoms with Crippen LogP contribution in [0.3, 0.4) is 0 Å². The first kappa shape index (κ1) is 21.8. The summed E-state index contributed by atoms with van der Waals surface area (Å²) in [5, 5.41) is 14.5. The lowest BCUT2D eigenvalue weighted by molar-refractivity contribution is 0.0533. The predicted octanol–water partition coefficient (Wildman–Crippen LogP) is 3.34. The van der Waals surface area contributed by atoms with Gasteiger partial charge in [0.25, 0.3) is 11.8 Å². The molecule has 0 radical (unpaired) electrons. The Kier molecular flexibility index (Phi) is 6.14. The van der Waals surface area contributed by atoms with Gasteiger partial charge in [-0.05, 0) is 36.8 Å². The topological polar surface area (TPSA) is 78.7 Å². The van der Waals surface area contributed by atoms with Gasteiger partial charge < -0.3 is 14.9 Å². The van der Waals surface area contributed by atoms with Crippen LogP contribution >= 0.6 is 11.6 Å². The Bertz CT molecular complexity index is 1150. The molecule has 0 bridgehead atoms. The van der Waals surface area contributed by atoms with E-state index in [9.17, 15) is 19.1 Å². The number of benzene rings is 2. The monoisotopic (exact) mass is 456 g/mol. The molecule has 0 atom stereocenters. The average Bonchev–Trinajstić information content (AvgIpc) is 3.07. The van der Waals surface area contributed by atoms with Gasteiger partial charge in [-0.2, -0.15) is 5.10 Å². The molecule has 0 unspecified atom stereocenters. The van der Waals surface area contributed by atoms with E-state index in [4.69, 9.17) is 11.6 Å². The van der Waals surface area contributed by atoms with E-state index in [-0.39, 0.29) is 34.1 Å². The Labute approximate surface area is 189 Å². The van der Waals surface area contributed by atoms with Crippen molar-refractivity contribution < 1.29 is 19.1 Å². The van der Waals surface area contributed by atoms with Crippen LogP contribution in [0.5, 0.6) is 5.75 Å². The summed E-state index contributed by atoms with van der Waals surface area (Å²) in [5.41, 5.74) is 1.89. The van der Waals surface area contributed by atoms with E-state index in [1.165, 1.54) is 22.9 Å². The second kappa shape index (κ2) is 9.00. The molecule has 166 valence electrons. The molecular weight excluding hydrogens is 435 g/mol. The van der Waals surface area contributed by atoms with Crippen molar-refractivity contribution in [2.75, 3.05) is 26.2 Å². The Balaban J connectivity index is 1.44. The molecule has 1 fully saturated rings. The number of nitrogens with zero attached hydrogens (tertiary/aromatic N) is 4. The number of halogens is 2. The third-order valence-corrected chi connectivity index (χ3v) is 5.90. The molecule has 9 heteroatoms. The van der Waals surface area contributed by atoms with Crippen molar-refractivity contribution in [2.24, 2.45) is 0 Å². The highest BCUT2D eigenvalue weighted by Crippen LogP contribution is 2.24. The third-order valence-electron chi connectivity index (χ3n) is 5.51. The number of carbonyl (C=O) groups is 2. The number of hydrogen-bond acceptors (Lipinski definition) is 4. The summed E-state index contributed by atoms with van der Waals surface area (Å²) in [6, 6.07) is 12.4. The van der Waals surface area contributed by atoms with Crippen LogP contribution in [0.1, 0.15) is 32.0 Å². The molecule has 4 rings (SSSR count). The number of hydrogen-bond donors (Lipinski definition) is 1. The quantitative estimate of drug-likeness (QED) is 0.653. The maximum absolute atomic E-state index is 13.1. The molecule has 1 saturated heterocycles. The maximum Gasteiger partial charge on any atom is 0.259 e. The first-order valence-corrected chi connectivity index (χ1v) is 10.6. The van der Waals surface area contributed by atoms with E-state index >= 15 is 0 Å². The van der Waals surface area contributed by atoms with Gasteiger partial charge in [-0.25, -0.2) is 9.07 Å². The molecule has 7 nitrogen and oxygen atoms in total. The number of aromatic nitrogens is 2. The molecule has 1 aliphatic heterocycles. The van der Waals surface area contributed by atoms with Crippen molar-refractivity contribution in [1.82, 2.24) is 19.6 Å². The summed E-state index contributed by atoms with van der Waals surface area (Å²) >= 11 is 6.49. The minimum absolute atomic E-state index is 0.0630. The van der Waals surface area contributed by atoms with E-state index in [0.717, 1.165) is 5.56 Å². The van der Waals surface area contributed by atoms with Gasteiger partial charge in [-0.1, -0.05) is 35.9 Å². The summed E-state index contributed by atoms with van der Waals surface area (Å²) in [6.45, 7) is 3.42. The number of phenols is 1. The lowest BCUT2D eigenvalue weighted by Crippen LogP contribution is -2.50. The fraction of sp³-hybridized carbons (Fsp3) is 0.261. The van der Waals surface area contributed by atoms with Gasteiger partial charge in [0.2, 0.25) is 0 Å². The van der Waals surface area contributed by atoms with E-state index in [2.05, 4.69) is 5.10 Å². The summed E-state index contributed by atoms with van der Waals surface area (Å²) in [5.74, 6) is -0.900. The molecule has 1 N–H and O–H groups in total. The van der Waals surface area contributed by atoms with Gasteiger partial charge in [0.1, 0.15) is 16.7 Å². The van der Waals surface area contributed by atoms with E-state index in [0.29, 0.717) is 44.0 Å². The van der Waals surface area contributed by atoms with Crippen LogP contribution in [0.4, 0.5) is 4.39 Å². The second-order valence-electron chi connectivity index (χ2n) is 7.64. The average molecular weight is 457 g/mol. The number of aromatic hydroxyl groups is 1. The standard InChI is InChI=1S/C23H22ClFN4O3/c1-15-20(21(24)29(26-15)14-16-6-8-17(25)9-7-16)23(32)28-12-10-27(11-13-28)22(31)18-4-2-3-5-19(18)30/h2-9,30H,10-14H2,1H3. The van der Waals surface area contributed by atoms with E-state index in [1.54, 1.807) is 47.1 Å². The number of amides is 2. The second-order valence-corrected chi connectivity index (χ2v) is 7.99. The SMILES string of the molecule is Cc1nn(Cc2ccc(F)cc2)c(Cl)c1C(=O)N1CCN(C(=O)c2ccccc2O)CC1. The van der Waals surface area contributed by atoms with Crippen LogP contribution in [0.25, 0.3) is 0 Å². The first-order chi connectivity index (χ1) is 15.3. The van der Waals surface area contributed by atoms with Gasteiger partial charge in [0.15, 0.2) is 0 Å². The van der Waals surface area contributed by atoms with Crippen molar-refractivity contribution in [2.45, 2.75) is 13.5 Å². The number of para-hydroxylation sites is 1. The van der Waals surface area contributed by atoms with Gasteiger partial charge in [0, 0.05) is 26.2 Å². The van der Waals surface area contributed by atoms with Crippen LogP contribution in [-0.2, 0) is 6.54 Å². The number of carbonyl (C=O) groups excluding carboxylic acids is 2. The van der Waals surface area contributed by atoms with Gasteiger partial charge in [0.05, 0.1) is 23.4 Å². The molecule has 1 aliphatic rings. The van der Waals surface area contributed by atoms with Crippen molar-refractivity contribution in [3.8, 4) is 5.75 Å². The zero-order valence-corrected chi connectivity index (χ0v) is 18.2. The molecule has 32 heavy (non-hydrogen) atoms. The van der Waals surface area contributed by atoms with Gasteiger partial charge >= 0.3 is 0 Å². The molecule has 2 aromatic carbocycles. The van der Waals surface area contributed by atoms with Gasteiger partial charge in [-0.15, -0.1) is 0 Å². The molecule has 1 aromatic heterocycles. The van der Waals surface area contributed by atoms with Crippen LogP contribution in [-0.4, -0.2) is 62.7 Å². The van der Waals surface area contributed by atoms with Crippen molar-refractivity contribution in [1.29, 1.82) is 0 Å². The Morgan fingerprint density at radius 1 is 1.00 bits per heavy atom. The zero-order valence-electron chi connectivity index (χ0n) is 17.5. The normalized spacial score (nSPS) is 14.0. The first-order valence-electron chi connectivity index (χ1n) is 10.2. The molecule has 0 spiro atoms. The fourth-order valence-corrected chi connectivity index (χ4v) is 4.07.